The first-order valence-electron chi connectivity index (χ1n) is 10.8. The summed E-state index contributed by atoms with van der Waals surface area (Å²) in [4.78, 5) is 24.7. The molecule has 0 aliphatic heterocycles. The number of para-hydroxylation sites is 1. The Hall–Kier alpha value is -4.96. The van der Waals surface area contributed by atoms with Crippen LogP contribution in [-0.2, 0) is 0 Å². The number of carbonyl (C=O) groups excluding carboxylic acids is 1. The minimum absolute atomic E-state index is 0.139. The Bertz CT molecular complexity index is 1550. The molecule has 0 aliphatic carbocycles. The number of phenols is 1. The number of H-pyrrole nitrogens is 1. The van der Waals surface area contributed by atoms with Crippen LogP contribution in [0.25, 0.3) is 10.9 Å². The van der Waals surface area contributed by atoms with Crippen LogP contribution >= 0.6 is 0 Å². The number of nitrogens with one attached hydrogen (secondary N) is 2. The number of halogens is 1. The van der Waals surface area contributed by atoms with Crippen LogP contribution in [0.5, 0.6) is 5.75 Å². The number of aromatic amines is 1. The number of phenolic OH excluding ortho intramolecular Hbond substituents is 1. The van der Waals surface area contributed by atoms with Gasteiger partial charge in [0.2, 0.25) is 0 Å². The van der Waals surface area contributed by atoms with Gasteiger partial charge < -0.3 is 15.4 Å². The zero-order valence-electron chi connectivity index (χ0n) is 18.4. The monoisotopic (exact) mass is 462 g/mol. The number of hydrogen-bond acceptors (Lipinski definition) is 4. The van der Waals surface area contributed by atoms with Crippen molar-refractivity contribution in [1.82, 2.24) is 20.3 Å². The summed E-state index contributed by atoms with van der Waals surface area (Å²) in [5.74, 6) is 4.83. The van der Waals surface area contributed by atoms with Gasteiger partial charge in [0, 0.05) is 46.5 Å². The third-order valence-electron chi connectivity index (χ3n) is 5.44. The van der Waals surface area contributed by atoms with Crippen LogP contribution in [0, 0.1) is 17.7 Å². The van der Waals surface area contributed by atoms with E-state index >= 15 is 0 Å². The molecule has 0 saturated heterocycles. The lowest BCUT2D eigenvalue weighted by atomic mass is 10.0. The molecule has 1 atom stereocenters. The van der Waals surface area contributed by atoms with Gasteiger partial charge in [-0.25, -0.2) is 4.39 Å². The first-order valence-corrected chi connectivity index (χ1v) is 10.8. The Kier molecular flexibility index (Phi) is 5.93. The zero-order chi connectivity index (χ0) is 24.2. The molecule has 2 aromatic carbocycles. The van der Waals surface area contributed by atoms with Crippen LogP contribution in [0.2, 0.25) is 0 Å². The van der Waals surface area contributed by atoms with E-state index in [1.54, 1.807) is 30.6 Å². The van der Waals surface area contributed by atoms with Gasteiger partial charge in [-0.05, 0) is 60.0 Å². The lowest BCUT2D eigenvalue weighted by Crippen LogP contribution is -2.30. The number of aromatic hydroxyl groups is 1. The molecule has 0 spiro atoms. The third-order valence-corrected chi connectivity index (χ3v) is 5.44. The molecule has 6 nitrogen and oxygen atoms in total. The molecule has 0 bridgehead atoms. The summed E-state index contributed by atoms with van der Waals surface area (Å²) >= 11 is 0. The van der Waals surface area contributed by atoms with Gasteiger partial charge in [0.25, 0.3) is 5.91 Å². The molecule has 3 aromatic heterocycles. The van der Waals surface area contributed by atoms with E-state index in [9.17, 15) is 14.3 Å². The molecule has 5 rings (SSSR count). The third kappa shape index (κ3) is 4.87. The summed E-state index contributed by atoms with van der Waals surface area (Å²) in [6.07, 6.45) is 4.82. The zero-order valence-corrected chi connectivity index (χ0v) is 18.4. The smallest absolute Gasteiger partial charge is 0.270 e. The Balaban J connectivity index is 1.48. The topological polar surface area (TPSA) is 90.9 Å². The van der Waals surface area contributed by atoms with Gasteiger partial charge in [0.15, 0.2) is 0 Å². The van der Waals surface area contributed by atoms with Gasteiger partial charge in [-0.1, -0.05) is 30.0 Å². The molecular weight excluding hydrogens is 443 g/mol. The molecular formula is C28H19FN4O2. The molecule has 7 heteroatoms. The maximum absolute atomic E-state index is 14.1. The summed E-state index contributed by atoms with van der Waals surface area (Å²) in [5.41, 5.74) is 3.15. The van der Waals surface area contributed by atoms with Crippen molar-refractivity contribution in [3.05, 3.63) is 125 Å². The second-order valence-electron chi connectivity index (χ2n) is 7.84. The van der Waals surface area contributed by atoms with Crippen LogP contribution in [0.4, 0.5) is 4.39 Å². The lowest BCUT2D eigenvalue weighted by Gasteiger charge is -2.19. The Morgan fingerprint density at radius 2 is 1.83 bits per heavy atom. The standard InChI is InChI=1S/C28H19FN4O2/c29-21-9-10-26(34)22(16-21)27(24-15-20-5-1-2-6-23(20)32-24)33-28(35)25-14-18(11-13-31-25)7-8-19-4-3-12-30-17-19/h1-6,9-17,27,32,34H,(H,33,35)/t27-/m0/s1. The number of aromatic nitrogens is 3. The van der Waals surface area contributed by atoms with E-state index in [1.165, 1.54) is 18.3 Å². The first-order chi connectivity index (χ1) is 17.1. The Labute approximate surface area is 200 Å². The first kappa shape index (κ1) is 21.9. The van der Waals surface area contributed by atoms with Crippen LogP contribution in [0.3, 0.4) is 0 Å². The SMILES string of the molecule is O=C(N[C@H](c1cc2ccccc2[nH]1)c1cc(F)ccc1O)c1cc(C#Cc2cccnc2)ccn1. The second kappa shape index (κ2) is 9.49. The van der Waals surface area contributed by atoms with Crippen molar-refractivity contribution in [2.24, 2.45) is 0 Å². The van der Waals surface area contributed by atoms with E-state index in [4.69, 9.17) is 0 Å². The van der Waals surface area contributed by atoms with Gasteiger partial charge in [-0.15, -0.1) is 0 Å². The molecule has 3 N–H and O–H groups in total. The number of rotatable bonds is 4. The summed E-state index contributed by atoms with van der Waals surface area (Å²) in [6, 6.07) is 19.1. The summed E-state index contributed by atoms with van der Waals surface area (Å²) < 4.78 is 14.1. The van der Waals surface area contributed by atoms with Crippen LogP contribution < -0.4 is 5.32 Å². The van der Waals surface area contributed by atoms with Crippen molar-refractivity contribution >= 4 is 16.8 Å². The predicted molar refractivity (Wildman–Crippen MR) is 130 cm³/mol. The minimum atomic E-state index is -0.850. The number of carbonyl (C=O) groups is 1. The van der Waals surface area contributed by atoms with Gasteiger partial charge >= 0.3 is 0 Å². The van der Waals surface area contributed by atoms with E-state index in [0.29, 0.717) is 11.3 Å². The molecule has 0 radical (unpaired) electrons. The maximum atomic E-state index is 14.1. The molecule has 0 unspecified atom stereocenters. The van der Waals surface area contributed by atoms with Crippen molar-refractivity contribution in [3.63, 3.8) is 0 Å². The van der Waals surface area contributed by atoms with Gasteiger partial charge in [0.05, 0.1) is 6.04 Å². The van der Waals surface area contributed by atoms with Crippen molar-refractivity contribution in [2.45, 2.75) is 6.04 Å². The molecule has 1 amide bonds. The Morgan fingerprint density at radius 1 is 0.971 bits per heavy atom. The van der Waals surface area contributed by atoms with Crippen molar-refractivity contribution in [1.29, 1.82) is 0 Å². The molecule has 5 aromatic rings. The molecule has 170 valence electrons. The lowest BCUT2D eigenvalue weighted by molar-refractivity contribution is 0.0937. The van der Waals surface area contributed by atoms with Gasteiger partial charge in [-0.2, -0.15) is 0 Å². The maximum Gasteiger partial charge on any atom is 0.270 e. The molecule has 0 fully saturated rings. The molecule has 0 saturated carbocycles. The van der Waals surface area contributed by atoms with Crippen LogP contribution in [0.1, 0.15) is 38.9 Å². The summed E-state index contributed by atoms with van der Waals surface area (Å²) in [6.45, 7) is 0. The van der Waals surface area contributed by atoms with Crippen LogP contribution in [0.15, 0.2) is 91.4 Å². The Morgan fingerprint density at radius 3 is 2.66 bits per heavy atom. The van der Waals surface area contributed by atoms with E-state index in [0.717, 1.165) is 22.5 Å². The number of pyridine rings is 2. The fraction of sp³-hybridized carbons (Fsp3) is 0.0357. The van der Waals surface area contributed by atoms with Crippen molar-refractivity contribution in [3.8, 4) is 17.6 Å². The molecule has 0 aliphatic rings. The minimum Gasteiger partial charge on any atom is -0.508 e. The highest BCUT2D eigenvalue weighted by Gasteiger charge is 2.24. The van der Waals surface area contributed by atoms with E-state index in [-0.39, 0.29) is 17.0 Å². The summed E-state index contributed by atoms with van der Waals surface area (Å²) in [5, 5.41) is 14.3. The largest absolute Gasteiger partial charge is 0.508 e. The number of hydrogen-bond donors (Lipinski definition) is 3. The normalized spacial score (nSPS) is 11.5. The average molecular weight is 462 g/mol. The average Bonchev–Trinajstić information content (AvgIpc) is 3.32. The highest BCUT2D eigenvalue weighted by atomic mass is 19.1. The molecule has 3 heterocycles. The number of benzene rings is 2. The van der Waals surface area contributed by atoms with Crippen molar-refractivity contribution in [2.75, 3.05) is 0 Å². The summed E-state index contributed by atoms with van der Waals surface area (Å²) in [7, 11) is 0. The number of nitrogens with zero attached hydrogens (tertiary/aromatic N) is 2. The van der Waals surface area contributed by atoms with Gasteiger partial charge in [0.1, 0.15) is 17.3 Å². The number of amides is 1. The van der Waals surface area contributed by atoms with Crippen LogP contribution in [-0.4, -0.2) is 26.0 Å². The quantitative estimate of drug-likeness (QED) is 0.337. The fourth-order valence-electron chi connectivity index (χ4n) is 3.75. The predicted octanol–water partition coefficient (Wildman–Crippen LogP) is 4.72. The highest BCUT2D eigenvalue weighted by molar-refractivity contribution is 5.93. The fourth-order valence-corrected chi connectivity index (χ4v) is 3.75. The van der Waals surface area contributed by atoms with Crippen molar-refractivity contribution < 1.29 is 14.3 Å². The van der Waals surface area contributed by atoms with E-state index < -0.39 is 17.8 Å². The molecule has 35 heavy (non-hydrogen) atoms. The number of fused-ring (bicyclic) bond motifs is 1. The van der Waals surface area contributed by atoms with E-state index in [1.807, 2.05) is 36.4 Å². The van der Waals surface area contributed by atoms with Gasteiger partial charge in [-0.3, -0.25) is 14.8 Å². The van der Waals surface area contributed by atoms with E-state index in [2.05, 4.69) is 32.1 Å². The second-order valence-corrected chi connectivity index (χ2v) is 7.84. The highest BCUT2D eigenvalue weighted by Crippen LogP contribution is 2.31.